The maximum absolute atomic E-state index is 12.1. The van der Waals surface area contributed by atoms with Crippen LogP contribution in [0.15, 0.2) is 47.1 Å². The molecule has 6 heteroatoms. The van der Waals surface area contributed by atoms with E-state index in [1.807, 2.05) is 19.1 Å². The minimum absolute atomic E-state index is 0.000875. The molecule has 1 atom stereocenters. The first-order chi connectivity index (χ1) is 13.1. The second-order valence-corrected chi connectivity index (χ2v) is 6.50. The van der Waals surface area contributed by atoms with Gasteiger partial charge in [-0.25, -0.2) is 0 Å². The Morgan fingerprint density at radius 3 is 2.63 bits per heavy atom. The molecule has 1 aromatic heterocycles. The number of rotatable bonds is 11. The molecule has 0 saturated carbocycles. The highest BCUT2D eigenvalue weighted by Crippen LogP contribution is 2.12. The van der Waals surface area contributed by atoms with Crippen molar-refractivity contribution in [3.8, 4) is 5.75 Å². The number of ether oxygens (including phenoxy) is 1. The van der Waals surface area contributed by atoms with Crippen LogP contribution in [0.5, 0.6) is 5.75 Å². The van der Waals surface area contributed by atoms with Gasteiger partial charge >= 0.3 is 0 Å². The van der Waals surface area contributed by atoms with E-state index >= 15 is 0 Å². The molecule has 6 nitrogen and oxygen atoms in total. The van der Waals surface area contributed by atoms with Crippen molar-refractivity contribution >= 4 is 11.8 Å². The van der Waals surface area contributed by atoms with E-state index in [4.69, 9.17) is 9.15 Å². The summed E-state index contributed by atoms with van der Waals surface area (Å²) in [6.07, 6.45) is 5.24. The third kappa shape index (κ3) is 7.56. The van der Waals surface area contributed by atoms with Gasteiger partial charge in [0.25, 0.3) is 5.91 Å². The van der Waals surface area contributed by atoms with E-state index in [-0.39, 0.29) is 24.4 Å². The van der Waals surface area contributed by atoms with Crippen LogP contribution in [0.25, 0.3) is 0 Å². The van der Waals surface area contributed by atoms with Gasteiger partial charge in [-0.3, -0.25) is 9.59 Å². The summed E-state index contributed by atoms with van der Waals surface area (Å²) in [5.74, 6) is 1.14. The van der Waals surface area contributed by atoms with Crippen molar-refractivity contribution in [1.82, 2.24) is 10.6 Å². The number of carbonyl (C=O) groups excluding carboxylic acids is 2. The summed E-state index contributed by atoms with van der Waals surface area (Å²) in [6.45, 7) is 4.64. The van der Waals surface area contributed by atoms with Crippen molar-refractivity contribution in [2.45, 2.75) is 45.6 Å². The third-order valence-corrected chi connectivity index (χ3v) is 4.10. The second-order valence-electron chi connectivity index (χ2n) is 6.50. The molecule has 0 fully saturated rings. The van der Waals surface area contributed by atoms with E-state index in [0.717, 1.165) is 37.2 Å². The first-order valence-corrected chi connectivity index (χ1v) is 9.41. The highest BCUT2D eigenvalue weighted by Gasteiger charge is 2.11. The van der Waals surface area contributed by atoms with Crippen molar-refractivity contribution in [3.63, 3.8) is 0 Å². The number of benzene rings is 1. The molecule has 0 radical (unpaired) electrons. The molecule has 27 heavy (non-hydrogen) atoms. The minimum atomic E-state index is -0.284. The van der Waals surface area contributed by atoms with Crippen LogP contribution in [0.1, 0.15) is 49.2 Å². The first kappa shape index (κ1) is 20.6. The van der Waals surface area contributed by atoms with Gasteiger partial charge in [-0.2, -0.15) is 0 Å². The number of furan rings is 1. The lowest BCUT2D eigenvalue weighted by Gasteiger charge is -2.13. The summed E-state index contributed by atoms with van der Waals surface area (Å²) in [5, 5.41) is 5.51. The highest BCUT2D eigenvalue weighted by atomic mass is 16.5. The highest BCUT2D eigenvalue weighted by molar-refractivity contribution is 5.96. The van der Waals surface area contributed by atoms with Gasteiger partial charge in [0, 0.05) is 18.0 Å². The number of carbonyl (C=O) groups is 2. The molecular weight excluding hydrogens is 344 g/mol. The Bertz CT molecular complexity index is 695. The Kier molecular flexibility index (Phi) is 8.42. The average Bonchev–Trinajstić information content (AvgIpc) is 3.19. The lowest BCUT2D eigenvalue weighted by atomic mass is 10.1. The van der Waals surface area contributed by atoms with Crippen LogP contribution < -0.4 is 15.4 Å². The SMILES string of the molecule is CCCCOc1ccc(C(=O)NCC(=O)NC(C)CCc2ccco2)cc1. The van der Waals surface area contributed by atoms with Gasteiger partial charge < -0.3 is 19.8 Å². The maximum Gasteiger partial charge on any atom is 0.251 e. The van der Waals surface area contributed by atoms with Crippen LogP contribution in [0.4, 0.5) is 0 Å². The summed E-state index contributed by atoms with van der Waals surface area (Å²) in [5.41, 5.74) is 0.497. The van der Waals surface area contributed by atoms with E-state index in [1.54, 1.807) is 30.5 Å². The fraction of sp³-hybridized carbons (Fsp3) is 0.429. The topological polar surface area (TPSA) is 80.6 Å². The van der Waals surface area contributed by atoms with Crippen LogP contribution >= 0.6 is 0 Å². The average molecular weight is 372 g/mol. The van der Waals surface area contributed by atoms with Gasteiger partial charge in [0.15, 0.2) is 0 Å². The van der Waals surface area contributed by atoms with Gasteiger partial charge in [0.2, 0.25) is 5.91 Å². The molecule has 2 rings (SSSR count). The van der Waals surface area contributed by atoms with Gasteiger partial charge in [0.1, 0.15) is 11.5 Å². The molecule has 0 spiro atoms. The maximum atomic E-state index is 12.1. The zero-order chi connectivity index (χ0) is 19.5. The van der Waals surface area contributed by atoms with Crippen molar-refractivity contribution < 1.29 is 18.7 Å². The van der Waals surface area contributed by atoms with Crippen molar-refractivity contribution in [2.75, 3.05) is 13.2 Å². The Balaban J connectivity index is 1.68. The predicted molar refractivity (Wildman–Crippen MR) is 104 cm³/mol. The molecule has 1 unspecified atom stereocenters. The molecule has 0 saturated heterocycles. The van der Waals surface area contributed by atoms with E-state index in [2.05, 4.69) is 17.6 Å². The van der Waals surface area contributed by atoms with Crippen molar-refractivity contribution in [3.05, 3.63) is 54.0 Å². The summed E-state index contributed by atoms with van der Waals surface area (Å²) in [4.78, 5) is 24.1. The number of hydrogen-bond donors (Lipinski definition) is 2. The zero-order valence-corrected chi connectivity index (χ0v) is 16.0. The number of unbranched alkanes of at least 4 members (excludes halogenated alkanes) is 1. The molecule has 2 amide bonds. The largest absolute Gasteiger partial charge is 0.494 e. The monoisotopic (exact) mass is 372 g/mol. The van der Waals surface area contributed by atoms with Crippen LogP contribution in [0.3, 0.4) is 0 Å². The van der Waals surface area contributed by atoms with E-state index in [9.17, 15) is 9.59 Å². The number of amides is 2. The fourth-order valence-electron chi connectivity index (χ4n) is 2.51. The summed E-state index contributed by atoms with van der Waals surface area (Å²) < 4.78 is 10.8. The van der Waals surface area contributed by atoms with Gasteiger partial charge in [-0.15, -0.1) is 0 Å². The molecule has 1 heterocycles. The predicted octanol–water partition coefficient (Wildman–Crippen LogP) is 3.33. The quantitative estimate of drug-likeness (QED) is 0.593. The van der Waals surface area contributed by atoms with Gasteiger partial charge in [0.05, 0.1) is 19.4 Å². The lowest BCUT2D eigenvalue weighted by molar-refractivity contribution is -0.120. The smallest absolute Gasteiger partial charge is 0.251 e. The standard InChI is InChI=1S/C21H28N2O4/c1-3-4-13-26-19-11-8-17(9-12-19)21(25)22-15-20(24)23-16(2)7-10-18-6-5-14-27-18/h5-6,8-9,11-12,14,16H,3-4,7,10,13,15H2,1-2H3,(H,22,25)(H,23,24). The number of aryl methyl sites for hydroxylation is 1. The first-order valence-electron chi connectivity index (χ1n) is 9.41. The Morgan fingerprint density at radius 1 is 1.19 bits per heavy atom. The molecule has 0 aliphatic heterocycles. The summed E-state index contributed by atoms with van der Waals surface area (Å²) in [6, 6.07) is 10.7. The van der Waals surface area contributed by atoms with Crippen LogP contribution in [0.2, 0.25) is 0 Å². The lowest BCUT2D eigenvalue weighted by Crippen LogP contribution is -2.41. The Morgan fingerprint density at radius 2 is 1.96 bits per heavy atom. The molecule has 0 aliphatic rings. The van der Waals surface area contributed by atoms with Crippen molar-refractivity contribution in [1.29, 1.82) is 0 Å². The van der Waals surface area contributed by atoms with E-state index in [1.165, 1.54) is 0 Å². The molecule has 2 aromatic rings. The van der Waals surface area contributed by atoms with E-state index in [0.29, 0.717) is 12.2 Å². The third-order valence-electron chi connectivity index (χ3n) is 4.10. The number of nitrogens with one attached hydrogen (secondary N) is 2. The fourth-order valence-corrected chi connectivity index (χ4v) is 2.51. The van der Waals surface area contributed by atoms with E-state index < -0.39 is 0 Å². The van der Waals surface area contributed by atoms with Crippen LogP contribution in [0, 0.1) is 0 Å². The van der Waals surface area contributed by atoms with Crippen molar-refractivity contribution in [2.24, 2.45) is 0 Å². The Hall–Kier alpha value is -2.76. The van der Waals surface area contributed by atoms with Crippen LogP contribution in [-0.4, -0.2) is 31.0 Å². The Labute approximate surface area is 160 Å². The molecule has 2 N–H and O–H groups in total. The molecule has 0 aliphatic carbocycles. The normalized spacial score (nSPS) is 11.6. The summed E-state index contributed by atoms with van der Waals surface area (Å²) >= 11 is 0. The second kappa shape index (κ2) is 11.1. The zero-order valence-electron chi connectivity index (χ0n) is 16.0. The molecule has 0 bridgehead atoms. The van der Waals surface area contributed by atoms with Gasteiger partial charge in [-0.05, 0) is 56.2 Å². The molecule has 1 aromatic carbocycles. The van der Waals surface area contributed by atoms with Gasteiger partial charge in [-0.1, -0.05) is 13.3 Å². The number of hydrogen-bond acceptors (Lipinski definition) is 4. The molecule has 146 valence electrons. The summed E-state index contributed by atoms with van der Waals surface area (Å²) in [7, 11) is 0. The molecular formula is C21H28N2O4. The van der Waals surface area contributed by atoms with Crippen LogP contribution in [-0.2, 0) is 11.2 Å². The minimum Gasteiger partial charge on any atom is -0.494 e.